The number of nitrogens with zero attached hydrogens (tertiary/aromatic N) is 2. The van der Waals surface area contributed by atoms with E-state index >= 15 is 0 Å². The van der Waals surface area contributed by atoms with E-state index in [-0.39, 0.29) is 6.10 Å². The summed E-state index contributed by atoms with van der Waals surface area (Å²) < 4.78 is 10.9. The number of nitrogens with one attached hydrogen (secondary N) is 1. The van der Waals surface area contributed by atoms with Crippen LogP contribution in [0.4, 0.5) is 0 Å². The van der Waals surface area contributed by atoms with E-state index < -0.39 is 0 Å². The van der Waals surface area contributed by atoms with Gasteiger partial charge in [0.25, 0.3) is 0 Å². The summed E-state index contributed by atoms with van der Waals surface area (Å²) in [6.07, 6.45) is 4.53. The van der Waals surface area contributed by atoms with Gasteiger partial charge < -0.3 is 14.5 Å². The third-order valence-corrected chi connectivity index (χ3v) is 2.93. The zero-order chi connectivity index (χ0) is 12.4. The molecule has 1 unspecified atom stereocenters. The van der Waals surface area contributed by atoms with Crippen molar-refractivity contribution in [3.8, 4) is 17.1 Å². The van der Waals surface area contributed by atoms with Crippen LogP contribution in [0.2, 0.25) is 0 Å². The van der Waals surface area contributed by atoms with Crippen LogP contribution >= 0.6 is 0 Å². The second-order valence-corrected chi connectivity index (χ2v) is 4.38. The molecule has 2 aromatic heterocycles. The molecule has 1 fully saturated rings. The summed E-state index contributed by atoms with van der Waals surface area (Å²) in [5.41, 5.74) is 1.77. The highest BCUT2D eigenvalue weighted by atomic mass is 16.5. The van der Waals surface area contributed by atoms with Crippen molar-refractivity contribution in [1.82, 2.24) is 15.3 Å². The Balaban J connectivity index is 1.86. The van der Waals surface area contributed by atoms with E-state index in [9.17, 15) is 0 Å². The SMILES string of the molecule is Cc1nc(OC2CCNC2)cc(-c2ccoc2)n1. The van der Waals surface area contributed by atoms with Gasteiger partial charge in [-0.15, -0.1) is 0 Å². The molecule has 1 aliphatic heterocycles. The maximum atomic E-state index is 5.85. The van der Waals surface area contributed by atoms with Gasteiger partial charge in [-0.2, -0.15) is 4.98 Å². The minimum absolute atomic E-state index is 0.205. The summed E-state index contributed by atoms with van der Waals surface area (Å²) in [5, 5.41) is 3.27. The molecule has 1 atom stereocenters. The smallest absolute Gasteiger partial charge is 0.217 e. The van der Waals surface area contributed by atoms with E-state index in [0.29, 0.717) is 11.7 Å². The third-order valence-electron chi connectivity index (χ3n) is 2.93. The first-order valence-corrected chi connectivity index (χ1v) is 6.07. The van der Waals surface area contributed by atoms with Crippen LogP contribution in [-0.4, -0.2) is 29.2 Å². The Bertz CT molecular complexity index is 519. The van der Waals surface area contributed by atoms with Crippen molar-refractivity contribution in [2.45, 2.75) is 19.4 Å². The van der Waals surface area contributed by atoms with Crippen molar-refractivity contribution >= 4 is 0 Å². The first kappa shape index (κ1) is 11.2. The molecule has 5 nitrogen and oxygen atoms in total. The summed E-state index contributed by atoms with van der Waals surface area (Å²) in [4.78, 5) is 8.70. The molecule has 3 heterocycles. The highest BCUT2D eigenvalue weighted by Crippen LogP contribution is 2.22. The van der Waals surface area contributed by atoms with E-state index in [0.717, 1.165) is 30.8 Å². The topological polar surface area (TPSA) is 60.2 Å². The van der Waals surface area contributed by atoms with E-state index in [1.165, 1.54) is 0 Å². The summed E-state index contributed by atoms with van der Waals surface area (Å²) >= 11 is 0. The number of aryl methyl sites for hydroxylation is 1. The predicted octanol–water partition coefficient (Wildman–Crippen LogP) is 1.79. The molecule has 0 aliphatic carbocycles. The molecule has 3 rings (SSSR count). The van der Waals surface area contributed by atoms with Crippen LogP contribution in [-0.2, 0) is 0 Å². The van der Waals surface area contributed by atoms with Gasteiger partial charge in [0.2, 0.25) is 5.88 Å². The maximum Gasteiger partial charge on any atom is 0.217 e. The molecule has 1 N–H and O–H groups in total. The lowest BCUT2D eigenvalue weighted by molar-refractivity contribution is 0.213. The van der Waals surface area contributed by atoms with Crippen molar-refractivity contribution < 1.29 is 9.15 Å². The van der Waals surface area contributed by atoms with Gasteiger partial charge in [-0.1, -0.05) is 0 Å². The number of hydrogen-bond donors (Lipinski definition) is 1. The Labute approximate surface area is 105 Å². The lowest BCUT2D eigenvalue weighted by Gasteiger charge is -2.12. The van der Waals surface area contributed by atoms with Crippen LogP contribution in [0.5, 0.6) is 5.88 Å². The van der Waals surface area contributed by atoms with Crippen LogP contribution in [0.3, 0.4) is 0 Å². The van der Waals surface area contributed by atoms with Gasteiger partial charge in [-0.3, -0.25) is 0 Å². The highest BCUT2D eigenvalue weighted by molar-refractivity contribution is 5.58. The van der Waals surface area contributed by atoms with Gasteiger partial charge in [-0.25, -0.2) is 4.98 Å². The molecule has 5 heteroatoms. The first-order chi connectivity index (χ1) is 8.81. The molecule has 0 spiro atoms. The Morgan fingerprint density at radius 2 is 2.39 bits per heavy atom. The van der Waals surface area contributed by atoms with Gasteiger partial charge in [0.05, 0.1) is 18.2 Å². The average molecular weight is 245 g/mol. The van der Waals surface area contributed by atoms with Gasteiger partial charge in [0.15, 0.2) is 0 Å². The Kier molecular flexibility index (Phi) is 2.98. The average Bonchev–Trinajstić information content (AvgIpc) is 3.00. The minimum atomic E-state index is 0.205. The zero-order valence-electron chi connectivity index (χ0n) is 10.2. The normalized spacial score (nSPS) is 19.1. The van der Waals surface area contributed by atoms with Gasteiger partial charge >= 0.3 is 0 Å². The molecule has 0 saturated carbocycles. The van der Waals surface area contributed by atoms with Crippen molar-refractivity contribution in [3.63, 3.8) is 0 Å². The third kappa shape index (κ3) is 2.36. The number of hydrogen-bond acceptors (Lipinski definition) is 5. The largest absolute Gasteiger partial charge is 0.473 e. The second kappa shape index (κ2) is 4.78. The molecular weight excluding hydrogens is 230 g/mol. The highest BCUT2D eigenvalue weighted by Gasteiger charge is 2.17. The van der Waals surface area contributed by atoms with Gasteiger partial charge in [0, 0.05) is 18.2 Å². The fourth-order valence-electron chi connectivity index (χ4n) is 2.06. The Morgan fingerprint density at radius 3 is 3.11 bits per heavy atom. The lowest BCUT2D eigenvalue weighted by atomic mass is 10.2. The van der Waals surface area contributed by atoms with Gasteiger partial charge in [-0.05, 0) is 26.0 Å². The molecule has 0 aromatic carbocycles. The molecule has 0 radical (unpaired) electrons. The summed E-state index contributed by atoms with van der Waals surface area (Å²) in [5.74, 6) is 1.34. The van der Waals surface area contributed by atoms with Crippen LogP contribution in [0.1, 0.15) is 12.2 Å². The molecule has 18 heavy (non-hydrogen) atoms. The summed E-state index contributed by atoms with van der Waals surface area (Å²) in [6.45, 7) is 3.75. The second-order valence-electron chi connectivity index (χ2n) is 4.38. The zero-order valence-corrected chi connectivity index (χ0v) is 10.2. The van der Waals surface area contributed by atoms with E-state index in [1.54, 1.807) is 12.5 Å². The standard InChI is InChI=1S/C13H15N3O2/c1-9-15-12(10-3-5-17-8-10)6-13(16-9)18-11-2-4-14-7-11/h3,5-6,8,11,14H,2,4,7H2,1H3. The fourth-order valence-corrected chi connectivity index (χ4v) is 2.06. The van der Waals surface area contributed by atoms with E-state index in [1.807, 2.05) is 19.1 Å². The van der Waals surface area contributed by atoms with Gasteiger partial charge in [0.1, 0.15) is 11.9 Å². The monoisotopic (exact) mass is 245 g/mol. The minimum Gasteiger partial charge on any atom is -0.473 e. The Morgan fingerprint density at radius 1 is 1.44 bits per heavy atom. The first-order valence-electron chi connectivity index (χ1n) is 6.07. The molecule has 1 saturated heterocycles. The molecule has 94 valence electrons. The molecule has 0 amide bonds. The lowest BCUT2D eigenvalue weighted by Crippen LogP contribution is -2.20. The van der Waals surface area contributed by atoms with Crippen molar-refractivity contribution in [1.29, 1.82) is 0 Å². The fraction of sp³-hybridized carbons (Fsp3) is 0.385. The van der Waals surface area contributed by atoms with Crippen molar-refractivity contribution in [2.24, 2.45) is 0 Å². The maximum absolute atomic E-state index is 5.85. The van der Waals surface area contributed by atoms with Crippen LogP contribution < -0.4 is 10.1 Å². The van der Waals surface area contributed by atoms with E-state index in [2.05, 4.69) is 15.3 Å². The van der Waals surface area contributed by atoms with Crippen molar-refractivity contribution in [3.05, 3.63) is 30.5 Å². The number of ether oxygens (including phenoxy) is 1. The van der Waals surface area contributed by atoms with E-state index in [4.69, 9.17) is 9.15 Å². The quantitative estimate of drug-likeness (QED) is 0.893. The summed E-state index contributed by atoms with van der Waals surface area (Å²) in [6, 6.07) is 3.73. The van der Waals surface area contributed by atoms with Crippen LogP contribution in [0.25, 0.3) is 11.3 Å². The van der Waals surface area contributed by atoms with Crippen molar-refractivity contribution in [2.75, 3.05) is 13.1 Å². The Hall–Kier alpha value is -1.88. The molecular formula is C13H15N3O2. The molecule has 0 bridgehead atoms. The van der Waals surface area contributed by atoms with Crippen LogP contribution in [0.15, 0.2) is 29.1 Å². The number of furan rings is 1. The predicted molar refractivity (Wildman–Crippen MR) is 66.4 cm³/mol. The molecule has 2 aromatic rings. The number of rotatable bonds is 3. The number of aromatic nitrogens is 2. The van der Waals surface area contributed by atoms with Crippen LogP contribution in [0, 0.1) is 6.92 Å². The molecule has 1 aliphatic rings. The summed E-state index contributed by atoms with van der Waals surface area (Å²) in [7, 11) is 0.